The molecule has 0 atom stereocenters. The fourth-order valence-electron chi connectivity index (χ4n) is 2.63. The smallest absolute Gasteiger partial charge is 0.280 e. The SMILES string of the molecule is COc1c(Nc2cc(Cl)ncc2C(=O)N(C)OC)cccc1-c1cnn(C)n1. The summed E-state index contributed by atoms with van der Waals surface area (Å²) in [5.74, 6) is 0.174. The van der Waals surface area contributed by atoms with E-state index in [2.05, 4.69) is 20.5 Å². The number of rotatable bonds is 6. The first kappa shape index (κ1) is 19.6. The van der Waals surface area contributed by atoms with Crippen molar-refractivity contribution in [3.8, 4) is 17.0 Å². The number of halogens is 1. The molecule has 0 saturated heterocycles. The van der Waals surface area contributed by atoms with Gasteiger partial charge in [0, 0.05) is 25.9 Å². The quantitative estimate of drug-likeness (QED) is 0.500. The molecule has 0 radical (unpaired) electrons. The number of pyridine rings is 1. The number of nitrogens with zero attached hydrogens (tertiary/aromatic N) is 5. The van der Waals surface area contributed by atoms with Crippen LogP contribution in [-0.4, -0.2) is 52.2 Å². The zero-order valence-electron chi connectivity index (χ0n) is 15.8. The summed E-state index contributed by atoms with van der Waals surface area (Å²) in [7, 11) is 6.21. The van der Waals surface area contributed by atoms with Crippen molar-refractivity contribution in [2.24, 2.45) is 7.05 Å². The summed E-state index contributed by atoms with van der Waals surface area (Å²) < 4.78 is 5.60. The minimum atomic E-state index is -0.377. The van der Waals surface area contributed by atoms with E-state index in [1.165, 1.54) is 25.2 Å². The van der Waals surface area contributed by atoms with Gasteiger partial charge in [-0.05, 0) is 18.2 Å². The minimum absolute atomic E-state index is 0.239. The predicted octanol–water partition coefficient (Wildman–Crippen LogP) is 2.92. The van der Waals surface area contributed by atoms with Gasteiger partial charge in [-0.2, -0.15) is 15.0 Å². The number of aromatic nitrogens is 4. The molecular formula is C18H19ClN6O3. The summed E-state index contributed by atoms with van der Waals surface area (Å²) in [6, 6.07) is 7.10. The van der Waals surface area contributed by atoms with E-state index in [1.807, 2.05) is 18.2 Å². The summed E-state index contributed by atoms with van der Waals surface area (Å²) in [5, 5.41) is 13.0. The first-order chi connectivity index (χ1) is 13.4. The summed E-state index contributed by atoms with van der Waals surface area (Å²) in [6.07, 6.45) is 3.04. The molecule has 1 aromatic carbocycles. The number of hydrogen-bond acceptors (Lipinski definition) is 7. The topological polar surface area (TPSA) is 94.4 Å². The molecule has 0 spiro atoms. The monoisotopic (exact) mass is 402 g/mol. The lowest BCUT2D eigenvalue weighted by Gasteiger charge is -2.18. The Balaban J connectivity index is 2.05. The van der Waals surface area contributed by atoms with Crippen molar-refractivity contribution in [1.82, 2.24) is 25.0 Å². The second-order valence-electron chi connectivity index (χ2n) is 5.77. The van der Waals surface area contributed by atoms with Gasteiger partial charge in [0.2, 0.25) is 0 Å². The van der Waals surface area contributed by atoms with E-state index in [1.54, 1.807) is 26.4 Å². The van der Waals surface area contributed by atoms with E-state index in [4.69, 9.17) is 21.2 Å². The molecule has 3 rings (SSSR count). The molecule has 0 saturated carbocycles. The van der Waals surface area contributed by atoms with E-state index in [0.29, 0.717) is 28.4 Å². The van der Waals surface area contributed by atoms with Crippen LogP contribution in [0.4, 0.5) is 11.4 Å². The largest absolute Gasteiger partial charge is 0.494 e. The molecular weight excluding hydrogens is 384 g/mol. The summed E-state index contributed by atoms with van der Waals surface area (Å²) >= 11 is 6.05. The fraction of sp³-hybridized carbons (Fsp3) is 0.222. The van der Waals surface area contributed by atoms with Crippen molar-refractivity contribution in [2.45, 2.75) is 0 Å². The second-order valence-corrected chi connectivity index (χ2v) is 6.16. The van der Waals surface area contributed by atoms with Gasteiger partial charge in [-0.15, -0.1) is 0 Å². The standard InChI is InChI=1S/C18H19ClN6O3/c1-24(28-4)18(26)12-9-20-16(19)8-14(12)22-13-7-5-6-11(17(13)27-3)15-10-21-25(2)23-15/h5-10H,1-4H3,(H,20,22). The van der Waals surface area contributed by atoms with Crippen LogP contribution in [0.25, 0.3) is 11.3 Å². The highest BCUT2D eigenvalue weighted by molar-refractivity contribution is 6.29. The van der Waals surface area contributed by atoms with Gasteiger partial charge in [-0.25, -0.2) is 10.0 Å². The van der Waals surface area contributed by atoms with Crippen LogP contribution in [-0.2, 0) is 11.9 Å². The molecule has 1 N–H and O–H groups in total. The second kappa shape index (κ2) is 8.24. The van der Waals surface area contributed by atoms with Gasteiger partial charge in [0.05, 0.1) is 37.4 Å². The lowest BCUT2D eigenvalue weighted by molar-refractivity contribution is -0.0756. The Morgan fingerprint density at radius 1 is 1.25 bits per heavy atom. The Morgan fingerprint density at radius 3 is 2.68 bits per heavy atom. The number of carbonyl (C=O) groups excluding carboxylic acids is 1. The zero-order chi connectivity index (χ0) is 20.3. The number of methoxy groups -OCH3 is 1. The highest BCUT2D eigenvalue weighted by Gasteiger charge is 2.20. The van der Waals surface area contributed by atoms with Crippen LogP contribution >= 0.6 is 11.6 Å². The highest BCUT2D eigenvalue weighted by atomic mass is 35.5. The third-order valence-electron chi connectivity index (χ3n) is 4.02. The Hall–Kier alpha value is -3.17. The van der Waals surface area contributed by atoms with Gasteiger partial charge in [0.25, 0.3) is 5.91 Å². The average Bonchev–Trinajstić information content (AvgIpc) is 3.13. The van der Waals surface area contributed by atoms with Gasteiger partial charge < -0.3 is 10.1 Å². The first-order valence-corrected chi connectivity index (χ1v) is 8.60. The molecule has 2 aromatic heterocycles. The highest BCUT2D eigenvalue weighted by Crippen LogP contribution is 2.37. The predicted molar refractivity (Wildman–Crippen MR) is 105 cm³/mol. The molecule has 0 bridgehead atoms. The normalized spacial score (nSPS) is 10.6. The lowest BCUT2D eigenvalue weighted by Crippen LogP contribution is -2.26. The maximum atomic E-state index is 12.6. The third-order valence-corrected chi connectivity index (χ3v) is 4.23. The van der Waals surface area contributed by atoms with E-state index in [-0.39, 0.29) is 11.1 Å². The number of hydroxylamine groups is 2. The maximum absolute atomic E-state index is 12.6. The van der Waals surface area contributed by atoms with E-state index >= 15 is 0 Å². The number of ether oxygens (including phenoxy) is 1. The van der Waals surface area contributed by atoms with Crippen LogP contribution in [0.2, 0.25) is 5.15 Å². The molecule has 0 aliphatic rings. The van der Waals surface area contributed by atoms with Crippen molar-refractivity contribution in [2.75, 3.05) is 26.6 Å². The van der Waals surface area contributed by atoms with Gasteiger partial charge in [0.15, 0.2) is 5.75 Å². The number of amides is 1. The molecule has 2 heterocycles. The van der Waals surface area contributed by atoms with Gasteiger partial charge >= 0.3 is 0 Å². The summed E-state index contributed by atoms with van der Waals surface area (Å²) in [4.78, 5) is 23.0. The molecule has 28 heavy (non-hydrogen) atoms. The van der Waals surface area contributed by atoms with E-state index < -0.39 is 0 Å². The number of aryl methyl sites for hydroxylation is 1. The van der Waals surface area contributed by atoms with E-state index in [9.17, 15) is 4.79 Å². The molecule has 10 heteroatoms. The molecule has 9 nitrogen and oxygen atoms in total. The van der Waals surface area contributed by atoms with Crippen LogP contribution in [0.1, 0.15) is 10.4 Å². The first-order valence-electron chi connectivity index (χ1n) is 8.23. The Morgan fingerprint density at radius 2 is 2.04 bits per heavy atom. The van der Waals surface area contributed by atoms with Gasteiger partial charge in [0.1, 0.15) is 10.8 Å². The van der Waals surface area contributed by atoms with E-state index in [0.717, 1.165) is 10.6 Å². The number of hydrogen-bond donors (Lipinski definition) is 1. The summed E-state index contributed by atoms with van der Waals surface area (Å²) in [5.41, 5.74) is 2.79. The molecule has 1 amide bonds. The van der Waals surface area contributed by atoms with Crippen molar-refractivity contribution < 1.29 is 14.4 Å². The molecule has 0 unspecified atom stereocenters. The van der Waals surface area contributed by atoms with Crippen LogP contribution in [0.3, 0.4) is 0 Å². The van der Waals surface area contributed by atoms with Crippen LogP contribution in [0.5, 0.6) is 5.75 Å². The molecule has 0 aliphatic carbocycles. The molecule has 0 aliphatic heterocycles. The van der Waals surface area contributed by atoms with Crippen LogP contribution < -0.4 is 10.1 Å². The average molecular weight is 403 g/mol. The lowest BCUT2D eigenvalue weighted by atomic mass is 10.1. The van der Waals surface area contributed by atoms with Crippen molar-refractivity contribution >= 4 is 28.9 Å². The van der Waals surface area contributed by atoms with Crippen molar-refractivity contribution in [1.29, 1.82) is 0 Å². The van der Waals surface area contributed by atoms with Crippen LogP contribution in [0.15, 0.2) is 36.7 Å². The number of carbonyl (C=O) groups is 1. The molecule has 0 fully saturated rings. The van der Waals surface area contributed by atoms with Crippen molar-refractivity contribution in [3.05, 3.63) is 47.4 Å². The Kier molecular flexibility index (Phi) is 5.76. The number of para-hydroxylation sites is 1. The van der Waals surface area contributed by atoms with Gasteiger partial charge in [-0.1, -0.05) is 17.7 Å². The Bertz CT molecular complexity index is 1010. The van der Waals surface area contributed by atoms with Crippen LogP contribution in [0, 0.1) is 0 Å². The summed E-state index contributed by atoms with van der Waals surface area (Å²) in [6.45, 7) is 0. The maximum Gasteiger partial charge on any atom is 0.280 e. The molecule has 146 valence electrons. The Labute approximate surface area is 166 Å². The zero-order valence-corrected chi connectivity index (χ0v) is 16.6. The van der Waals surface area contributed by atoms with Gasteiger partial charge in [-0.3, -0.25) is 9.63 Å². The number of nitrogens with one attached hydrogen (secondary N) is 1. The third kappa shape index (κ3) is 3.90. The number of anilines is 2. The number of benzene rings is 1. The fourth-order valence-corrected chi connectivity index (χ4v) is 2.79. The molecule has 3 aromatic rings. The van der Waals surface area contributed by atoms with Crippen molar-refractivity contribution in [3.63, 3.8) is 0 Å². The minimum Gasteiger partial charge on any atom is -0.494 e.